The fraction of sp³-hybridized carbons (Fsp3) is 0.469. The summed E-state index contributed by atoms with van der Waals surface area (Å²) in [6.07, 6.45) is 0.391. The highest BCUT2D eigenvalue weighted by Gasteiger charge is 2.49. The summed E-state index contributed by atoms with van der Waals surface area (Å²) in [5, 5.41) is 3.79. The smallest absolute Gasteiger partial charge is 0.418 e. The number of carbonyl (C=O) groups excluding carboxylic acids is 1. The monoisotopic (exact) mass is 700 g/mol. The van der Waals surface area contributed by atoms with Crippen molar-refractivity contribution >= 4 is 34.5 Å². The molecule has 7 heterocycles. The van der Waals surface area contributed by atoms with Crippen LogP contribution in [0.4, 0.5) is 33.6 Å². The third kappa shape index (κ3) is 6.27. The Morgan fingerprint density at radius 1 is 1.18 bits per heavy atom. The number of ether oxygens (including phenoxy) is 1. The van der Waals surface area contributed by atoms with Gasteiger partial charge in [0.2, 0.25) is 5.91 Å². The molecule has 0 aromatic carbocycles. The fourth-order valence-electron chi connectivity index (χ4n) is 7.11. The van der Waals surface area contributed by atoms with Gasteiger partial charge in [-0.1, -0.05) is 5.16 Å². The molecule has 3 atom stereocenters. The number of carbonyl (C=O) groups is 1. The Labute approximate surface area is 282 Å². The predicted octanol–water partition coefficient (Wildman–Crippen LogP) is 4.22. The van der Waals surface area contributed by atoms with Crippen molar-refractivity contribution in [1.82, 2.24) is 39.9 Å². The first-order chi connectivity index (χ1) is 23.8. The Kier molecular flexibility index (Phi) is 8.52. The van der Waals surface area contributed by atoms with Crippen LogP contribution in [0.2, 0.25) is 0 Å². The van der Waals surface area contributed by atoms with Crippen LogP contribution in [0.15, 0.2) is 28.9 Å². The van der Waals surface area contributed by atoms with Crippen LogP contribution in [0, 0.1) is 12.7 Å². The number of nitrogens with two attached hydrogens (primary N) is 1. The zero-order valence-corrected chi connectivity index (χ0v) is 27.1. The van der Waals surface area contributed by atoms with Gasteiger partial charge in [0.25, 0.3) is 5.89 Å². The summed E-state index contributed by atoms with van der Waals surface area (Å²) in [6.45, 7) is 3.37. The second-order valence-corrected chi connectivity index (χ2v) is 12.9. The van der Waals surface area contributed by atoms with Gasteiger partial charge in [-0.3, -0.25) is 14.7 Å². The van der Waals surface area contributed by atoms with Crippen LogP contribution in [0.5, 0.6) is 6.01 Å². The number of amides is 1. The maximum atomic E-state index is 16.4. The molecule has 4 aromatic heterocycles. The molecule has 0 unspecified atom stereocenters. The summed E-state index contributed by atoms with van der Waals surface area (Å²) in [6, 6.07) is 1.15. The van der Waals surface area contributed by atoms with Gasteiger partial charge in [-0.05, 0) is 44.9 Å². The van der Waals surface area contributed by atoms with E-state index in [4.69, 9.17) is 15.0 Å². The number of anilines is 2. The molecule has 3 fully saturated rings. The number of aryl methyl sites for hydroxylation is 1. The first-order valence-electron chi connectivity index (χ1n) is 16.0. The van der Waals surface area contributed by atoms with Gasteiger partial charge in [0.1, 0.15) is 41.3 Å². The summed E-state index contributed by atoms with van der Waals surface area (Å²) < 4.78 is 83.9. The van der Waals surface area contributed by atoms with Crippen LogP contribution in [-0.4, -0.2) is 103 Å². The van der Waals surface area contributed by atoms with Crippen molar-refractivity contribution in [2.24, 2.45) is 0 Å². The van der Waals surface area contributed by atoms with E-state index < -0.39 is 40.7 Å². The minimum Gasteiger partial charge on any atom is -0.461 e. The average molecular weight is 701 g/mol. The van der Waals surface area contributed by atoms with E-state index in [9.17, 15) is 22.4 Å². The highest BCUT2D eigenvalue weighted by molar-refractivity contribution is 5.93. The molecular weight excluding hydrogens is 667 g/mol. The molecule has 0 radical (unpaired) electrons. The van der Waals surface area contributed by atoms with E-state index in [1.807, 2.05) is 4.90 Å². The molecule has 2 N–H and O–H groups in total. The Morgan fingerprint density at radius 3 is 2.76 bits per heavy atom. The van der Waals surface area contributed by atoms with Crippen molar-refractivity contribution in [3.05, 3.63) is 47.5 Å². The molecule has 264 valence electrons. The Bertz CT molecular complexity index is 1970. The van der Waals surface area contributed by atoms with E-state index in [2.05, 4.69) is 30.1 Å². The Hall–Kier alpha value is -5.00. The molecule has 1 amide bonds. The van der Waals surface area contributed by atoms with Crippen molar-refractivity contribution in [2.75, 3.05) is 50.5 Å². The predicted molar refractivity (Wildman–Crippen MR) is 170 cm³/mol. The summed E-state index contributed by atoms with van der Waals surface area (Å²) in [4.78, 5) is 39.2. The van der Waals surface area contributed by atoms with Gasteiger partial charge >= 0.3 is 12.2 Å². The molecule has 0 spiro atoms. The van der Waals surface area contributed by atoms with Crippen LogP contribution >= 0.6 is 0 Å². The molecule has 50 heavy (non-hydrogen) atoms. The van der Waals surface area contributed by atoms with Crippen LogP contribution in [-0.2, 0) is 11.0 Å². The van der Waals surface area contributed by atoms with E-state index in [1.165, 1.54) is 18.3 Å². The number of halogens is 5. The number of likely N-dealkylation sites (N-methyl/N-ethyl adjacent to an activating group) is 1. The first kappa shape index (κ1) is 33.5. The van der Waals surface area contributed by atoms with Gasteiger partial charge in [0.05, 0.1) is 16.5 Å². The number of hydrogen-bond acceptors (Lipinski definition) is 12. The maximum Gasteiger partial charge on any atom is 0.418 e. The molecule has 0 aliphatic carbocycles. The van der Waals surface area contributed by atoms with Gasteiger partial charge in [0, 0.05) is 57.5 Å². The van der Waals surface area contributed by atoms with E-state index >= 15 is 4.39 Å². The van der Waals surface area contributed by atoms with Gasteiger partial charge in [-0.15, -0.1) is 0 Å². The molecule has 3 saturated heterocycles. The largest absolute Gasteiger partial charge is 0.461 e. The summed E-state index contributed by atoms with van der Waals surface area (Å²) >= 11 is 0. The average Bonchev–Trinajstić information content (AvgIpc) is 3.86. The lowest BCUT2D eigenvalue weighted by Gasteiger charge is -2.31. The van der Waals surface area contributed by atoms with Crippen molar-refractivity contribution in [2.45, 2.75) is 56.5 Å². The first-order valence-corrected chi connectivity index (χ1v) is 16.0. The molecule has 0 bridgehead atoms. The van der Waals surface area contributed by atoms with E-state index in [1.54, 1.807) is 23.8 Å². The van der Waals surface area contributed by atoms with Crippen LogP contribution < -0.4 is 15.4 Å². The number of aromatic nitrogens is 6. The van der Waals surface area contributed by atoms with E-state index in [-0.39, 0.29) is 72.5 Å². The Morgan fingerprint density at radius 2 is 2.00 bits per heavy atom. The van der Waals surface area contributed by atoms with E-state index in [0.717, 1.165) is 19.0 Å². The molecule has 13 nitrogen and oxygen atoms in total. The molecule has 18 heteroatoms. The summed E-state index contributed by atoms with van der Waals surface area (Å²) in [5.74, 6) is -0.920. The quantitative estimate of drug-likeness (QED) is 0.207. The molecule has 3 aliphatic heterocycles. The standard InChI is InChI=1S/C32H33F5N10O3/c1-17-40-23(50-44-17)6-7-24(48)46-11-8-19(15-46)45(2)29-20-13-39-28(27-21(32(35,36)37)4-5-22(38)41-27)25(34)26(20)42-30(43-29)49-16-31-9-3-10-47(31)14-18(33)12-31/h4-7,13,18-19H,3,8-12,14-16H2,1-2H3,(H2,38,41)/b7-6+/t18-,19-,31+/m1/s1. The van der Waals surface area contributed by atoms with E-state index in [0.29, 0.717) is 31.3 Å². The SMILES string of the molecule is Cc1noc(/C=C/C(=O)N2CC[C@@H](N(C)c3nc(OC[C@@]45CCCN4C[C@H](F)C5)nc4c(F)c(-c5nc(N)ccc5C(F)(F)F)ncc34)C2)n1. The maximum absolute atomic E-state index is 16.4. The number of nitrogens with zero attached hydrogens (tertiary/aromatic N) is 9. The molecular formula is C32H33F5N10O3. The highest BCUT2D eigenvalue weighted by Crippen LogP contribution is 2.42. The van der Waals surface area contributed by atoms with Crippen molar-refractivity contribution in [3.8, 4) is 17.4 Å². The van der Waals surface area contributed by atoms with Gasteiger partial charge in [-0.2, -0.15) is 28.1 Å². The van der Waals surface area contributed by atoms with Crippen LogP contribution in [0.1, 0.15) is 43.0 Å². The topological polar surface area (TPSA) is 153 Å². The normalized spacial score (nSPS) is 22.6. The molecule has 4 aromatic rings. The van der Waals surface area contributed by atoms with Gasteiger partial charge in [-0.25, -0.2) is 13.8 Å². The zero-order valence-electron chi connectivity index (χ0n) is 27.1. The third-order valence-electron chi connectivity index (χ3n) is 9.59. The van der Waals surface area contributed by atoms with Crippen LogP contribution in [0.25, 0.3) is 28.4 Å². The minimum absolute atomic E-state index is 0.0360. The third-order valence-corrected chi connectivity index (χ3v) is 9.59. The number of fused-ring (bicyclic) bond motifs is 2. The highest BCUT2D eigenvalue weighted by atomic mass is 19.4. The lowest BCUT2D eigenvalue weighted by molar-refractivity contribution is -0.137. The number of rotatable bonds is 8. The van der Waals surface area contributed by atoms with Crippen LogP contribution in [0.3, 0.4) is 0 Å². The van der Waals surface area contributed by atoms with Gasteiger partial charge in [0.15, 0.2) is 11.6 Å². The minimum atomic E-state index is -4.88. The van der Waals surface area contributed by atoms with Crippen molar-refractivity contribution < 1.29 is 36.0 Å². The number of nitrogen functional groups attached to an aromatic ring is 1. The zero-order chi connectivity index (χ0) is 35.4. The van der Waals surface area contributed by atoms with Crippen molar-refractivity contribution in [1.29, 1.82) is 0 Å². The summed E-state index contributed by atoms with van der Waals surface area (Å²) in [5.41, 5.74) is 2.08. The number of alkyl halides is 4. The number of likely N-dealkylation sites (tertiary alicyclic amines) is 1. The lowest BCUT2D eigenvalue weighted by Crippen LogP contribution is -2.43. The fourth-order valence-corrected chi connectivity index (χ4v) is 7.11. The van der Waals surface area contributed by atoms with Crippen molar-refractivity contribution in [3.63, 3.8) is 0 Å². The number of pyridine rings is 2. The second-order valence-electron chi connectivity index (χ2n) is 12.9. The molecule has 7 rings (SSSR count). The second kappa shape index (κ2) is 12.7. The lowest BCUT2D eigenvalue weighted by atomic mass is 9.95. The Balaban J connectivity index is 1.24. The summed E-state index contributed by atoms with van der Waals surface area (Å²) in [7, 11) is 1.70. The van der Waals surface area contributed by atoms with Gasteiger partial charge < -0.3 is 24.8 Å². The molecule has 3 aliphatic rings. The number of hydrogen-bond donors (Lipinski definition) is 1. The molecule has 0 saturated carbocycles.